The van der Waals surface area contributed by atoms with Crippen LogP contribution in [0, 0.1) is 0 Å². The molecular weight excluding hydrogens is 358 g/mol. The Morgan fingerprint density at radius 3 is 2.60 bits per heavy atom. The van der Waals surface area contributed by atoms with Crippen LogP contribution in [-0.2, 0) is 16.4 Å². The standard InChI is InChI=1S/C17H19N3O3S2/c1-12(13-4-6-15(7-5-13)25(3,22)23)19(2)11-14-10-16(21)20-8-9-24-17(20)18-14/h4-10,12H,11H2,1-3H3. The number of aromatic nitrogens is 2. The molecule has 0 N–H and O–H groups in total. The van der Waals surface area contributed by atoms with Crippen LogP contribution in [0.15, 0.2) is 51.6 Å². The number of thiazole rings is 1. The summed E-state index contributed by atoms with van der Waals surface area (Å²) in [5, 5.41) is 1.84. The van der Waals surface area contributed by atoms with Gasteiger partial charge in [0, 0.05) is 36.5 Å². The van der Waals surface area contributed by atoms with Gasteiger partial charge in [-0.25, -0.2) is 13.4 Å². The van der Waals surface area contributed by atoms with Crippen LogP contribution in [0.1, 0.15) is 24.2 Å². The van der Waals surface area contributed by atoms with E-state index in [0.29, 0.717) is 16.4 Å². The highest BCUT2D eigenvalue weighted by Gasteiger charge is 2.15. The zero-order valence-corrected chi connectivity index (χ0v) is 15.8. The Kier molecular flexibility index (Phi) is 4.77. The van der Waals surface area contributed by atoms with Crippen LogP contribution in [0.3, 0.4) is 0 Å². The highest BCUT2D eigenvalue weighted by molar-refractivity contribution is 7.90. The van der Waals surface area contributed by atoms with Gasteiger partial charge < -0.3 is 0 Å². The second-order valence-electron chi connectivity index (χ2n) is 6.07. The molecule has 25 heavy (non-hydrogen) atoms. The third-order valence-electron chi connectivity index (χ3n) is 4.22. The molecule has 0 bridgehead atoms. The van der Waals surface area contributed by atoms with E-state index in [1.807, 2.05) is 31.5 Å². The minimum Gasteiger partial charge on any atom is -0.294 e. The van der Waals surface area contributed by atoms with E-state index < -0.39 is 9.84 Å². The number of benzene rings is 1. The second kappa shape index (κ2) is 6.70. The molecule has 1 unspecified atom stereocenters. The van der Waals surface area contributed by atoms with Crippen LogP contribution < -0.4 is 5.56 Å². The van der Waals surface area contributed by atoms with E-state index in [0.717, 1.165) is 11.3 Å². The molecule has 0 aliphatic heterocycles. The van der Waals surface area contributed by atoms with E-state index in [1.54, 1.807) is 24.4 Å². The van der Waals surface area contributed by atoms with E-state index in [-0.39, 0.29) is 11.6 Å². The van der Waals surface area contributed by atoms with Gasteiger partial charge in [-0.3, -0.25) is 14.1 Å². The number of hydrogen-bond donors (Lipinski definition) is 0. The van der Waals surface area contributed by atoms with Crippen molar-refractivity contribution in [1.29, 1.82) is 0 Å². The Morgan fingerprint density at radius 1 is 1.28 bits per heavy atom. The summed E-state index contributed by atoms with van der Waals surface area (Å²) in [5.74, 6) is 0. The summed E-state index contributed by atoms with van der Waals surface area (Å²) in [6.45, 7) is 2.56. The van der Waals surface area contributed by atoms with E-state index in [1.165, 1.54) is 22.0 Å². The van der Waals surface area contributed by atoms with E-state index >= 15 is 0 Å². The van der Waals surface area contributed by atoms with Crippen LogP contribution in [0.4, 0.5) is 0 Å². The first-order chi connectivity index (χ1) is 11.8. The van der Waals surface area contributed by atoms with E-state index in [4.69, 9.17) is 0 Å². The first-order valence-corrected chi connectivity index (χ1v) is 10.5. The first kappa shape index (κ1) is 17.8. The van der Waals surface area contributed by atoms with Crippen molar-refractivity contribution in [2.24, 2.45) is 0 Å². The minimum atomic E-state index is -3.19. The summed E-state index contributed by atoms with van der Waals surface area (Å²) >= 11 is 1.43. The summed E-state index contributed by atoms with van der Waals surface area (Å²) in [4.78, 5) is 19.6. The lowest BCUT2D eigenvalue weighted by Gasteiger charge is -2.24. The summed E-state index contributed by atoms with van der Waals surface area (Å²) in [7, 11) is -1.24. The maximum Gasteiger partial charge on any atom is 0.258 e. The molecule has 0 saturated carbocycles. The lowest BCUT2D eigenvalue weighted by atomic mass is 10.1. The van der Waals surface area contributed by atoms with Gasteiger partial charge >= 0.3 is 0 Å². The lowest BCUT2D eigenvalue weighted by molar-refractivity contribution is 0.250. The molecule has 0 saturated heterocycles. The van der Waals surface area contributed by atoms with Crippen LogP contribution in [-0.4, -0.2) is 36.0 Å². The summed E-state index contributed by atoms with van der Waals surface area (Å²) in [6.07, 6.45) is 2.91. The zero-order valence-electron chi connectivity index (χ0n) is 14.2. The predicted octanol–water partition coefficient (Wildman–Crippen LogP) is 2.35. The predicted molar refractivity (Wildman–Crippen MR) is 98.8 cm³/mol. The average Bonchev–Trinajstić information content (AvgIpc) is 3.02. The van der Waals surface area contributed by atoms with Gasteiger partial charge in [0.15, 0.2) is 14.8 Å². The average molecular weight is 377 g/mol. The molecule has 2 heterocycles. The van der Waals surface area contributed by atoms with Gasteiger partial charge in [0.25, 0.3) is 5.56 Å². The zero-order chi connectivity index (χ0) is 18.2. The van der Waals surface area contributed by atoms with Crippen LogP contribution in [0.2, 0.25) is 0 Å². The molecule has 132 valence electrons. The van der Waals surface area contributed by atoms with Crippen molar-refractivity contribution >= 4 is 26.1 Å². The largest absolute Gasteiger partial charge is 0.294 e. The molecule has 3 rings (SSSR count). The van der Waals surface area contributed by atoms with Gasteiger partial charge in [0.05, 0.1) is 10.6 Å². The third kappa shape index (κ3) is 3.81. The first-order valence-electron chi connectivity index (χ1n) is 7.72. The summed E-state index contributed by atoms with van der Waals surface area (Å²) < 4.78 is 24.6. The molecule has 0 aliphatic rings. The molecule has 0 fully saturated rings. The molecule has 1 aromatic carbocycles. The van der Waals surface area contributed by atoms with Crippen molar-refractivity contribution in [3.63, 3.8) is 0 Å². The Labute approximate surface area is 150 Å². The molecule has 0 aliphatic carbocycles. The maximum absolute atomic E-state index is 12.1. The number of sulfone groups is 1. The number of hydrogen-bond acceptors (Lipinski definition) is 6. The van der Waals surface area contributed by atoms with Crippen molar-refractivity contribution in [3.8, 4) is 0 Å². The number of fused-ring (bicyclic) bond motifs is 1. The Balaban J connectivity index is 1.79. The maximum atomic E-state index is 12.1. The SMILES string of the molecule is CC(c1ccc(S(C)(=O)=O)cc1)N(C)Cc1cc(=O)n2ccsc2n1. The molecule has 0 amide bonds. The topological polar surface area (TPSA) is 71.8 Å². The Morgan fingerprint density at radius 2 is 1.96 bits per heavy atom. The lowest BCUT2D eigenvalue weighted by Crippen LogP contribution is -2.24. The van der Waals surface area contributed by atoms with Crippen LogP contribution in [0.25, 0.3) is 4.96 Å². The van der Waals surface area contributed by atoms with Crippen LogP contribution in [0.5, 0.6) is 0 Å². The van der Waals surface area contributed by atoms with E-state index in [9.17, 15) is 13.2 Å². The van der Waals surface area contributed by atoms with Gasteiger partial charge in [0.1, 0.15) is 0 Å². The van der Waals surface area contributed by atoms with Gasteiger partial charge in [-0.05, 0) is 31.7 Å². The second-order valence-corrected chi connectivity index (χ2v) is 8.96. The molecular formula is C17H19N3O3S2. The number of rotatable bonds is 5. The normalized spacial score (nSPS) is 13.4. The molecule has 2 aromatic heterocycles. The molecule has 8 heteroatoms. The van der Waals surface area contributed by atoms with Crippen molar-refractivity contribution < 1.29 is 8.42 Å². The van der Waals surface area contributed by atoms with Crippen LogP contribution >= 0.6 is 11.3 Å². The molecule has 0 radical (unpaired) electrons. The van der Waals surface area contributed by atoms with Gasteiger partial charge in [0.2, 0.25) is 0 Å². The fraction of sp³-hybridized carbons (Fsp3) is 0.294. The molecule has 0 spiro atoms. The Hall–Kier alpha value is -2.03. The molecule has 1 atom stereocenters. The van der Waals surface area contributed by atoms with E-state index in [2.05, 4.69) is 9.88 Å². The van der Waals surface area contributed by atoms with Crippen molar-refractivity contribution in [2.45, 2.75) is 24.4 Å². The fourth-order valence-corrected chi connectivity index (χ4v) is 3.98. The quantitative estimate of drug-likeness (QED) is 0.682. The smallest absolute Gasteiger partial charge is 0.258 e. The van der Waals surface area contributed by atoms with Crippen molar-refractivity contribution in [2.75, 3.05) is 13.3 Å². The minimum absolute atomic E-state index is 0.0530. The summed E-state index contributed by atoms with van der Waals surface area (Å²) in [5.41, 5.74) is 1.64. The molecule has 3 aromatic rings. The monoisotopic (exact) mass is 377 g/mol. The van der Waals surface area contributed by atoms with Crippen molar-refractivity contribution in [3.05, 3.63) is 63.5 Å². The van der Waals surface area contributed by atoms with Gasteiger partial charge in [-0.1, -0.05) is 12.1 Å². The third-order valence-corrected chi connectivity index (χ3v) is 6.10. The van der Waals surface area contributed by atoms with Gasteiger partial charge in [-0.15, -0.1) is 11.3 Å². The highest BCUT2D eigenvalue weighted by Crippen LogP contribution is 2.22. The highest BCUT2D eigenvalue weighted by atomic mass is 32.2. The fourth-order valence-electron chi connectivity index (χ4n) is 2.61. The van der Waals surface area contributed by atoms with Gasteiger partial charge in [-0.2, -0.15) is 0 Å². The van der Waals surface area contributed by atoms with Crippen molar-refractivity contribution in [1.82, 2.24) is 14.3 Å². The molecule has 6 nitrogen and oxygen atoms in total. The Bertz CT molecular complexity index is 1050. The summed E-state index contributed by atoms with van der Waals surface area (Å²) in [6, 6.07) is 8.49. The number of nitrogens with zero attached hydrogens (tertiary/aromatic N) is 3.